The minimum atomic E-state index is -0.590. The standard InChI is InChI=1S/C15H14N2O4S/c1-9(18)21-8-10-2-4-11(5-3-10)14(20)17-15-12(13(16)19)6-7-22-15/h2-7H,8H2,1H3,(H2,16,19)(H,17,20). The maximum absolute atomic E-state index is 12.1. The largest absolute Gasteiger partial charge is 0.461 e. The van der Waals surface area contributed by atoms with Crippen LogP contribution >= 0.6 is 11.3 Å². The third kappa shape index (κ3) is 3.92. The maximum atomic E-state index is 12.1. The number of anilines is 1. The first-order chi connectivity index (χ1) is 10.5. The molecule has 0 fully saturated rings. The first kappa shape index (κ1) is 15.7. The molecule has 0 radical (unpaired) electrons. The number of carbonyl (C=O) groups is 3. The van der Waals surface area contributed by atoms with E-state index in [0.29, 0.717) is 10.6 Å². The van der Waals surface area contributed by atoms with Gasteiger partial charge in [0.1, 0.15) is 11.6 Å². The number of ether oxygens (including phenoxy) is 1. The van der Waals surface area contributed by atoms with E-state index >= 15 is 0 Å². The van der Waals surface area contributed by atoms with Crippen molar-refractivity contribution in [3.8, 4) is 0 Å². The van der Waals surface area contributed by atoms with Crippen molar-refractivity contribution in [1.29, 1.82) is 0 Å². The van der Waals surface area contributed by atoms with E-state index < -0.39 is 5.91 Å². The topological polar surface area (TPSA) is 98.5 Å². The number of primary amides is 1. The average molecular weight is 318 g/mol. The average Bonchev–Trinajstić information content (AvgIpc) is 2.94. The fraction of sp³-hybridized carbons (Fsp3) is 0.133. The zero-order valence-corrected chi connectivity index (χ0v) is 12.6. The minimum absolute atomic E-state index is 0.161. The molecule has 1 aromatic carbocycles. The summed E-state index contributed by atoms with van der Waals surface area (Å²) in [6.45, 7) is 1.49. The van der Waals surface area contributed by atoms with Crippen molar-refractivity contribution < 1.29 is 19.1 Å². The third-order valence-corrected chi connectivity index (χ3v) is 3.65. The molecule has 0 aliphatic rings. The highest BCUT2D eigenvalue weighted by molar-refractivity contribution is 7.14. The van der Waals surface area contributed by atoms with Gasteiger partial charge in [-0.1, -0.05) is 12.1 Å². The molecule has 0 bridgehead atoms. The zero-order valence-electron chi connectivity index (χ0n) is 11.8. The number of hydrogen-bond donors (Lipinski definition) is 2. The summed E-state index contributed by atoms with van der Waals surface area (Å²) in [6, 6.07) is 8.19. The van der Waals surface area contributed by atoms with Crippen molar-refractivity contribution in [3.63, 3.8) is 0 Å². The smallest absolute Gasteiger partial charge is 0.302 e. The molecule has 0 spiro atoms. The van der Waals surface area contributed by atoms with Gasteiger partial charge in [-0.2, -0.15) is 0 Å². The number of thiophene rings is 1. The van der Waals surface area contributed by atoms with Crippen molar-refractivity contribution in [2.75, 3.05) is 5.32 Å². The summed E-state index contributed by atoms with van der Waals surface area (Å²) in [5.41, 5.74) is 6.71. The van der Waals surface area contributed by atoms with Gasteiger partial charge in [0.25, 0.3) is 11.8 Å². The Morgan fingerprint density at radius 1 is 1.18 bits per heavy atom. The van der Waals surface area contributed by atoms with Gasteiger partial charge in [-0.3, -0.25) is 14.4 Å². The Balaban J connectivity index is 2.05. The van der Waals surface area contributed by atoms with Crippen LogP contribution in [0.4, 0.5) is 5.00 Å². The van der Waals surface area contributed by atoms with Crippen LogP contribution in [0.1, 0.15) is 33.2 Å². The van der Waals surface area contributed by atoms with Gasteiger partial charge in [0.15, 0.2) is 0 Å². The highest BCUT2D eigenvalue weighted by Gasteiger charge is 2.13. The number of amides is 2. The fourth-order valence-corrected chi connectivity index (χ4v) is 2.50. The molecule has 0 atom stereocenters. The first-order valence-corrected chi connectivity index (χ1v) is 7.26. The summed E-state index contributed by atoms with van der Waals surface area (Å²) in [6.07, 6.45) is 0. The van der Waals surface area contributed by atoms with Crippen LogP contribution in [0.2, 0.25) is 0 Å². The lowest BCUT2D eigenvalue weighted by molar-refractivity contribution is -0.142. The van der Waals surface area contributed by atoms with Crippen molar-refractivity contribution in [3.05, 3.63) is 52.4 Å². The molecule has 114 valence electrons. The van der Waals surface area contributed by atoms with Gasteiger partial charge in [0.05, 0.1) is 5.56 Å². The summed E-state index contributed by atoms with van der Waals surface area (Å²) in [7, 11) is 0. The Morgan fingerprint density at radius 3 is 2.45 bits per heavy atom. The summed E-state index contributed by atoms with van der Waals surface area (Å²) >= 11 is 1.23. The SMILES string of the molecule is CC(=O)OCc1ccc(C(=O)Nc2sccc2C(N)=O)cc1. The summed E-state index contributed by atoms with van der Waals surface area (Å²) in [4.78, 5) is 34.1. The second kappa shape index (κ2) is 6.86. The molecule has 0 aliphatic heterocycles. The van der Waals surface area contributed by atoms with E-state index in [1.807, 2.05) is 0 Å². The van der Waals surface area contributed by atoms with Gasteiger partial charge in [0.2, 0.25) is 0 Å². The summed E-state index contributed by atoms with van der Waals surface area (Å²) in [5, 5.41) is 4.75. The van der Waals surface area contributed by atoms with Gasteiger partial charge in [0, 0.05) is 12.5 Å². The molecule has 0 unspecified atom stereocenters. The molecular weight excluding hydrogens is 304 g/mol. The molecular formula is C15H14N2O4S. The van der Waals surface area contributed by atoms with Crippen molar-refractivity contribution in [1.82, 2.24) is 0 Å². The van der Waals surface area contributed by atoms with E-state index in [0.717, 1.165) is 5.56 Å². The Labute approximate surface area is 130 Å². The normalized spacial score (nSPS) is 10.0. The van der Waals surface area contributed by atoms with Crippen LogP contribution in [0.3, 0.4) is 0 Å². The molecule has 3 N–H and O–H groups in total. The molecule has 1 aromatic heterocycles. The van der Waals surface area contributed by atoms with Gasteiger partial charge in [-0.25, -0.2) is 0 Å². The molecule has 1 heterocycles. The van der Waals surface area contributed by atoms with Crippen LogP contribution in [0.25, 0.3) is 0 Å². The Morgan fingerprint density at radius 2 is 1.86 bits per heavy atom. The quantitative estimate of drug-likeness (QED) is 0.825. The van der Waals surface area contributed by atoms with Crippen molar-refractivity contribution in [2.24, 2.45) is 5.73 Å². The molecule has 2 amide bonds. The van der Waals surface area contributed by atoms with Gasteiger partial charge >= 0.3 is 5.97 Å². The number of nitrogens with two attached hydrogens (primary N) is 1. The highest BCUT2D eigenvalue weighted by Crippen LogP contribution is 2.23. The number of nitrogens with one attached hydrogen (secondary N) is 1. The zero-order chi connectivity index (χ0) is 16.1. The Hall–Kier alpha value is -2.67. The van der Waals surface area contributed by atoms with Crippen molar-refractivity contribution in [2.45, 2.75) is 13.5 Å². The van der Waals surface area contributed by atoms with Gasteiger partial charge in [-0.15, -0.1) is 11.3 Å². The lowest BCUT2D eigenvalue weighted by Crippen LogP contribution is -2.16. The van der Waals surface area contributed by atoms with E-state index in [1.54, 1.807) is 35.7 Å². The van der Waals surface area contributed by atoms with Crippen LogP contribution in [0.15, 0.2) is 35.7 Å². The molecule has 0 saturated carbocycles. The number of hydrogen-bond acceptors (Lipinski definition) is 5. The molecule has 2 aromatic rings. The Bertz CT molecular complexity index is 707. The lowest BCUT2D eigenvalue weighted by Gasteiger charge is -2.06. The van der Waals surface area contributed by atoms with Crippen LogP contribution in [-0.2, 0) is 16.1 Å². The first-order valence-electron chi connectivity index (χ1n) is 6.38. The second-order valence-corrected chi connectivity index (χ2v) is 5.38. The highest BCUT2D eigenvalue weighted by atomic mass is 32.1. The van der Waals surface area contributed by atoms with E-state index in [1.165, 1.54) is 18.3 Å². The summed E-state index contributed by atoms with van der Waals surface area (Å²) in [5.74, 6) is -1.30. The molecule has 2 rings (SSSR count). The second-order valence-electron chi connectivity index (χ2n) is 4.46. The fourth-order valence-electron chi connectivity index (χ4n) is 1.71. The molecule has 0 saturated heterocycles. The molecule has 22 heavy (non-hydrogen) atoms. The number of benzene rings is 1. The minimum Gasteiger partial charge on any atom is -0.461 e. The summed E-state index contributed by atoms with van der Waals surface area (Å²) < 4.78 is 4.87. The molecule has 6 nitrogen and oxygen atoms in total. The Kier molecular flexibility index (Phi) is 4.90. The van der Waals surface area contributed by atoms with Gasteiger partial charge < -0.3 is 15.8 Å². The van der Waals surface area contributed by atoms with E-state index in [2.05, 4.69) is 5.32 Å². The van der Waals surface area contributed by atoms with Crippen LogP contribution in [0.5, 0.6) is 0 Å². The van der Waals surface area contributed by atoms with Crippen LogP contribution in [0, 0.1) is 0 Å². The molecule has 0 aliphatic carbocycles. The van der Waals surface area contributed by atoms with Crippen LogP contribution < -0.4 is 11.1 Å². The predicted molar refractivity (Wildman–Crippen MR) is 82.7 cm³/mol. The van der Waals surface area contributed by atoms with E-state index in [9.17, 15) is 14.4 Å². The van der Waals surface area contributed by atoms with Crippen molar-refractivity contribution >= 4 is 34.1 Å². The van der Waals surface area contributed by atoms with Crippen LogP contribution in [-0.4, -0.2) is 17.8 Å². The third-order valence-electron chi connectivity index (χ3n) is 2.82. The predicted octanol–water partition coefficient (Wildman–Crippen LogP) is 2.16. The molecule has 7 heteroatoms. The monoisotopic (exact) mass is 318 g/mol. The number of carbonyl (C=O) groups excluding carboxylic acids is 3. The maximum Gasteiger partial charge on any atom is 0.302 e. The van der Waals surface area contributed by atoms with E-state index in [4.69, 9.17) is 10.5 Å². The lowest BCUT2D eigenvalue weighted by atomic mass is 10.1. The van der Waals surface area contributed by atoms with Gasteiger partial charge in [-0.05, 0) is 29.1 Å². The number of rotatable bonds is 5. The van der Waals surface area contributed by atoms with E-state index in [-0.39, 0.29) is 24.0 Å². The number of esters is 1.